The zero-order valence-electron chi connectivity index (χ0n) is 12.1. The third kappa shape index (κ3) is 1.88. The van der Waals surface area contributed by atoms with Gasteiger partial charge in [0.1, 0.15) is 5.65 Å². The minimum atomic E-state index is 0.948. The van der Waals surface area contributed by atoms with Crippen LogP contribution >= 0.6 is 0 Å². The highest BCUT2D eigenvalue weighted by Crippen LogP contribution is 2.31. The van der Waals surface area contributed by atoms with Crippen molar-refractivity contribution in [3.8, 4) is 0 Å². The molecule has 3 heterocycles. The van der Waals surface area contributed by atoms with Crippen molar-refractivity contribution in [2.24, 2.45) is 0 Å². The van der Waals surface area contributed by atoms with Crippen molar-refractivity contribution in [1.29, 1.82) is 0 Å². The van der Waals surface area contributed by atoms with E-state index >= 15 is 0 Å². The summed E-state index contributed by atoms with van der Waals surface area (Å²) in [6.07, 6.45) is 7.25. The lowest BCUT2D eigenvalue weighted by molar-refractivity contribution is 0.785. The fourth-order valence-electron chi connectivity index (χ4n) is 3.04. The lowest BCUT2D eigenvalue weighted by Gasteiger charge is -1.97. The van der Waals surface area contributed by atoms with Crippen molar-refractivity contribution in [3.63, 3.8) is 0 Å². The fraction of sp³-hybridized carbons (Fsp3) is 0.222. The van der Waals surface area contributed by atoms with E-state index in [2.05, 4.69) is 47.2 Å². The van der Waals surface area contributed by atoms with Gasteiger partial charge in [-0.25, -0.2) is 4.98 Å². The molecule has 0 saturated heterocycles. The first kappa shape index (κ1) is 12.3. The second-order valence-electron chi connectivity index (χ2n) is 5.47. The second kappa shape index (κ2) is 4.85. The minimum absolute atomic E-state index is 0.948. The van der Waals surface area contributed by atoms with Gasteiger partial charge in [-0.05, 0) is 30.4 Å². The van der Waals surface area contributed by atoms with Crippen LogP contribution in [0.25, 0.3) is 32.7 Å². The molecule has 3 nitrogen and oxygen atoms in total. The number of unbranched alkanes of at least 4 members (excludes halogenated alkanes) is 1. The van der Waals surface area contributed by atoms with E-state index in [0.29, 0.717) is 0 Å². The van der Waals surface area contributed by atoms with Crippen LogP contribution < -0.4 is 0 Å². The van der Waals surface area contributed by atoms with Gasteiger partial charge < -0.3 is 4.98 Å². The molecular weight excluding hydrogens is 258 g/mol. The van der Waals surface area contributed by atoms with Crippen LogP contribution in [0.3, 0.4) is 0 Å². The van der Waals surface area contributed by atoms with Crippen LogP contribution in [0.1, 0.15) is 25.5 Å². The molecule has 0 aliphatic carbocycles. The number of nitrogens with one attached hydrogen (secondary N) is 1. The summed E-state index contributed by atoms with van der Waals surface area (Å²) in [5.74, 6) is 0. The van der Waals surface area contributed by atoms with E-state index in [9.17, 15) is 0 Å². The number of benzene rings is 1. The maximum absolute atomic E-state index is 4.95. The normalized spacial score (nSPS) is 11.7. The van der Waals surface area contributed by atoms with Crippen molar-refractivity contribution in [1.82, 2.24) is 15.0 Å². The summed E-state index contributed by atoms with van der Waals surface area (Å²) in [5, 5.41) is 4.80. The van der Waals surface area contributed by atoms with E-state index in [1.165, 1.54) is 28.0 Å². The molecule has 0 spiro atoms. The maximum atomic E-state index is 4.95. The molecule has 3 heteroatoms. The molecule has 0 atom stereocenters. The summed E-state index contributed by atoms with van der Waals surface area (Å²) in [6, 6.07) is 10.5. The van der Waals surface area contributed by atoms with E-state index < -0.39 is 0 Å². The molecule has 0 radical (unpaired) electrons. The second-order valence-corrected chi connectivity index (χ2v) is 5.47. The van der Waals surface area contributed by atoms with Crippen molar-refractivity contribution in [2.45, 2.75) is 26.2 Å². The standard InChI is InChI=1S/C18H17N3/c1-2-3-7-16-14-11-20-18-17(14)13(9-10-19-18)12-6-4-5-8-15(12)21-16/h4-6,8-11H,2-3,7H2,1H3,(H,19,20). The Morgan fingerprint density at radius 3 is 2.86 bits per heavy atom. The third-order valence-corrected chi connectivity index (χ3v) is 4.10. The van der Waals surface area contributed by atoms with E-state index in [0.717, 1.165) is 29.7 Å². The average Bonchev–Trinajstić information content (AvgIpc) is 2.90. The number of aromatic nitrogens is 3. The molecule has 4 aromatic rings. The summed E-state index contributed by atoms with van der Waals surface area (Å²) in [4.78, 5) is 12.7. The van der Waals surface area contributed by atoms with Gasteiger partial charge in [0.2, 0.25) is 0 Å². The molecule has 3 aromatic heterocycles. The van der Waals surface area contributed by atoms with Crippen LogP contribution in [0, 0.1) is 0 Å². The number of pyridine rings is 1. The van der Waals surface area contributed by atoms with Crippen LogP contribution in [0.4, 0.5) is 0 Å². The Morgan fingerprint density at radius 2 is 1.95 bits per heavy atom. The SMILES string of the molecule is CCCCc1nc2ccccc2c2cc[nH]c3ncc1c32. The Balaban J connectivity index is 2.22. The first-order valence-electron chi connectivity index (χ1n) is 7.52. The van der Waals surface area contributed by atoms with Gasteiger partial charge in [-0.1, -0.05) is 31.5 Å². The van der Waals surface area contributed by atoms with E-state index in [-0.39, 0.29) is 0 Å². The predicted octanol–water partition coefficient (Wildman–Crippen LogP) is 4.61. The summed E-state index contributed by atoms with van der Waals surface area (Å²) in [7, 11) is 0. The smallest absolute Gasteiger partial charge is 0.138 e. The van der Waals surface area contributed by atoms with Gasteiger partial charge in [0.05, 0.1) is 11.2 Å². The monoisotopic (exact) mass is 275 g/mol. The number of para-hydroxylation sites is 1. The predicted molar refractivity (Wildman–Crippen MR) is 87.5 cm³/mol. The van der Waals surface area contributed by atoms with Crippen LogP contribution in [0.2, 0.25) is 0 Å². The van der Waals surface area contributed by atoms with Gasteiger partial charge >= 0.3 is 0 Å². The Morgan fingerprint density at radius 1 is 1.05 bits per heavy atom. The summed E-state index contributed by atoms with van der Waals surface area (Å²) < 4.78 is 0. The van der Waals surface area contributed by atoms with Gasteiger partial charge in [-0.3, -0.25) is 4.98 Å². The molecule has 0 aliphatic rings. The Kier molecular flexibility index (Phi) is 2.85. The number of H-pyrrole nitrogens is 1. The number of rotatable bonds is 3. The highest BCUT2D eigenvalue weighted by atomic mass is 14.8. The summed E-state index contributed by atoms with van der Waals surface area (Å²) >= 11 is 0. The van der Waals surface area contributed by atoms with Crippen LogP contribution in [0.15, 0.2) is 42.7 Å². The van der Waals surface area contributed by atoms with Crippen LogP contribution in [-0.2, 0) is 6.42 Å². The Bertz CT molecular complexity index is 937. The Labute approximate surface area is 123 Å². The zero-order chi connectivity index (χ0) is 14.2. The third-order valence-electron chi connectivity index (χ3n) is 4.10. The molecule has 21 heavy (non-hydrogen) atoms. The molecule has 0 amide bonds. The van der Waals surface area contributed by atoms with Crippen LogP contribution in [0.5, 0.6) is 0 Å². The highest BCUT2D eigenvalue weighted by molar-refractivity contribution is 6.17. The molecule has 0 aliphatic heterocycles. The molecule has 104 valence electrons. The van der Waals surface area contributed by atoms with E-state index in [4.69, 9.17) is 4.98 Å². The quantitative estimate of drug-likeness (QED) is 0.593. The largest absolute Gasteiger partial charge is 0.346 e. The number of aromatic amines is 1. The molecule has 0 bridgehead atoms. The van der Waals surface area contributed by atoms with Crippen molar-refractivity contribution >= 4 is 32.7 Å². The van der Waals surface area contributed by atoms with Gasteiger partial charge in [-0.2, -0.15) is 0 Å². The van der Waals surface area contributed by atoms with E-state index in [1.54, 1.807) is 0 Å². The average molecular weight is 275 g/mol. The summed E-state index contributed by atoms with van der Waals surface area (Å²) in [5.41, 5.74) is 3.17. The van der Waals surface area contributed by atoms with Crippen LogP contribution in [-0.4, -0.2) is 15.0 Å². The Hall–Kier alpha value is -2.42. The van der Waals surface area contributed by atoms with Gasteiger partial charge in [-0.15, -0.1) is 0 Å². The number of nitrogens with zero attached hydrogens (tertiary/aromatic N) is 2. The number of hydrogen-bond acceptors (Lipinski definition) is 2. The fourth-order valence-corrected chi connectivity index (χ4v) is 3.04. The maximum Gasteiger partial charge on any atom is 0.138 e. The highest BCUT2D eigenvalue weighted by Gasteiger charge is 2.12. The number of fused-ring (bicyclic) bond motifs is 2. The van der Waals surface area contributed by atoms with Crippen molar-refractivity contribution in [3.05, 3.63) is 48.4 Å². The van der Waals surface area contributed by atoms with Gasteiger partial charge in [0.25, 0.3) is 0 Å². The number of aryl methyl sites for hydroxylation is 1. The topological polar surface area (TPSA) is 41.6 Å². The minimum Gasteiger partial charge on any atom is -0.346 e. The number of hydrogen-bond donors (Lipinski definition) is 1. The molecule has 0 saturated carbocycles. The van der Waals surface area contributed by atoms with Crippen molar-refractivity contribution < 1.29 is 0 Å². The zero-order valence-corrected chi connectivity index (χ0v) is 12.1. The lowest BCUT2D eigenvalue weighted by Crippen LogP contribution is -1.87. The van der Waals surface area contributed by atoms with Gasteiger partial charge in [0, 0.05) is 28.6 Å². The molecular formula is C18H17N3. The molecule has 0 unspecified atom stereocenters. The first-order valence-corrected chi connectivity index (χ1v) is 7.52. The lowest BCUT2D eigenvalue weighted by atomic mass is 10.1. The summed E-state index contributed by atoms with van der Waals surface area (Å²) in [6.45, 7) is 2.21. The van der Waals surface area contributed by atoms with Gasteiger partial charge in [0.15, 0.2) is 0 Å². The van der Waals surface area contributed by atoms with Crippen molar-refractivity contribution in [2.75, 3.05) is 0 Å². The molecule has 1 N–H and O–H groups in total. The first-order chi connectivity index (χ1) is 10.4. The molecule has 4 rings (SSSR count). The molecule has 0 fully saturated rings. The van der Waals surface area contributed by atoms with E-state index in [1.807, 2.05) is 12.4 Å². The molecule has 1 aromatic carbocycles.